The Morgan fingerprint density at radius 3 is 1.88 bits per heavy atom. The van der Waals surface area contributed by atoms with Gasteiger partial charge in [-0.05, 0) is 35.4 Å². The smallest absolute Gasteiger partial charge is 0.0377 e. The second-order valence-electron chi connectivity index (χ2n) is 5.46. The first-order chi connectivity index (χ1) is 7.80. The van der Waals surface area contributed by atoms with Crippen LogP contribution in [-0.4, -0.2) is 12.3 Å². The molecule has 0 aliphatic heterocycles. The third-order valence-corrected chi connectivity index (χ3v) is 7.64. The second-order valence-corrected chi connectivity index (χ2v) is 10.8. The second kappa shape index (κ2) is 5.54. The van der Waals surface area contributed by atoms with E-state index in [9.17, 15) is 0 Å². The zero-order valence-corrected chi connectivity index (χ0v) is 13.3. The largest absolute Gasteiger partial charge is 0.357 e. The molecule has 0 spiro atoms. The summed E-state index contributed by atoms with van der Waals surface area (Å²) in [4.78, 5) is 0. The average Bonchev–Trinajstić information content (AvgIpc) is 2.28. The van der Waals surface area contributed by atoms with E-state index in [0.717, 1.165) is 12.3 Å². The number of rotatable bonds is 4. The first kappa shape index (κ1) is 14.7. The van der Waals surface area contributed by atoms with Gasteiger partial charge in [0.25, 0.3) is 0 Å². The molecule has 0 unspecified atom stereocenters. The molecule has 1 aromatic carbocycles. The van der Waals surface area contributed by atoms with Crippen molar-refractivity contribution < 1.29 is 0 Å². The van der Waals surface area contributed by atoms with E-state index in [1.165, 1.54) is 11.3 Å². The minimum absolute atomic E-state index is 0.217. The van der Waals surface area contributed by atoms with Crippen LogP contribution in [0.5, 0.6) is 0 Å². The molecule has 3 heteroatoms. The molecule has 0 atom stereocenters. The third kappa shape index (κ3) is 4.12. The lowest BCUT2D eigenvalue weighted by atomic mass is 9.87. The van der Waals surface area contributed by atoms with Crippen molar-refractivity contribution in [2.24, 2.45) is 0 Å². The molecule has 1 rings (SSSR count). The van der Waals surface area contributed by atoms with E-state index in [1.807, 2.05) is 0 Å². The lowest BCUT2D eigenvalue weighted by Crippen LogP contribution is -2.10. The predicted octanol–water partition coefficient (Wildman–Crippen LogP) is 4.83. The van der Waals surface area contributed by atoms with Crippen molar-refractivity contribution in [3.05, 3.63) is 29.8 Å². The van der Waals surface area contributed by atoms with E-state index in [4.69, 9.17) is 11.8 Å². The van der Waals surface area contributed by atoms with Gasteiger partial charge in [-0.1, -0.05) is 58.6 Å². The first-order valence-electron chi connectivity index (χ1n) is 6.27. The molecule has 1 aromatic rings. The van der Waals surface area contributed by atoms with E-state index < -0.39 is 6.19 Å². The Morgan fingerprint density at radius 1 is 1.06 bits per heavy atom. The highest BCUT2D eigenvalue weighted by atomic mass is 32.4. The summed E-state index contributed by atoms with van der Waals surface area (Å²) < 4.78 is 0. The van der Waals surface area contributed by atoms with Crippen LogP contribution in [0, 0.1) is 0 Å². The maximum Gasteiger partial charge on any atom is 0.0377 e. The van der Waals surface area contributed by atoms with E-state index in [2.05, 4.69) is 64.0 Å². The van der Waals surface area contributed by atoms with Crippen LogP contribution in [0.15, 0.2) is 24.3 Å². The number of nitrogens with one attached hydrogen (secondary N) is 1. The van der Waals surface area contributed by atoms with Crippen LogP contribution in [-0.2, 0) is 17.2 Å². The van der Waals surface area contributed by atoms with Crippen molar-refractivity contribution in [2.75, 3.05) is 17.4 Å². The quantitative estimate of drug-likeness (QED) is 0.786. The molecular formula is C14H24NPS. The number of hydrogen-bond donors (Lipinski definition) is 1. The minimum Gasteiger partial charge on any atom is -0.357 e. The summed E-state index contributed by atoms with van der Waals surface area (Å²) in [6.45, 7) is 11.1. The van der Waals surface area contributed by atoms with Gasteiger partial charge in [0, 0.05) is 11.9 Å². The summed E-state index contributed by atoms with van der Waals surface area (Å²) in [6, 6.07) is 8.72. The van der Waals surface area contributed by atoms with Crippen LogP contribution < -0.4 is 5.09 Å². The summed E-state index contributed by atoms with van der Waals surface area (Å²) in [6.07, 6.45) is 0.763. The number of anilines is 1. The average molecular weight is 269 g/mol. The summed E-state index contributed by atoms with van der Waals surface area (Å²) in [7, 11) is 0. The normalized spacial score (nSPS) is 12.5. The summed E-state index contributed by atoms with van der Waals surface area (Å²) in [5.41, 5.74) is 2.75. The molecule has 0 aliphatic carbocycles. The van der Waals surface area contributed by atoms with Gasteiger partial charge in [0.2, 0.25) is 0 Å². The Hall–Kier alpha value is -0.330. The van der Waals surface area contributed by atoms with Crippen LogP contribution in [0.3, 0.4) is 0 Å². The lowest BCUT2D eigenvalue weighted by molar-refractivity contribution is 0.590. The Kier molecular flexibility index (Phi) is 4.80. The molecule has 96 valence electrons. The molecule has 0 radical (unpaired) electrons. The van der Waals surface area contributed by atoms with Crippen LogP contribution in [0.2, 0.25) is 0 Å². The van der Waals surface area contributed by atoms with Gasteiger partial charge in [0.05, 0.1) is 0 Å². The summed E-state index contributed by atoms with van der Waals surface area (Å²) >= 11 is 5.69. The SMILES string of the molecule is CCP(=S)(CC)Nc1ccc(C(C)(C)C)cc1. The summed E-state index contributed by atoms with van der Waals surface area (Å²) in [5, 5.41) is 3.56. The Morgan fingerprint density at radius 2 is 1.53 bits per heavy atom. The van der Waals surface area contributed by atoms with E-state index in [-0.39, 0.29) is 5.41 Å². The Bertz CT molecular complexity index is 395. The van der Waals surface area contributed by atoms with Gasteiger partial charge in [-0.15, -0.1) is 0 Å². The van der Waals surface area contributed by atoms with Crippen LogP contribution in [0.25, 0.3) is 0 Å². The van der Waals surface area contributed by atoms with E-state index >= 15 is 0 Å². The molecule has 0 fully saturated rings. The Labute approximate surface area is 111 Å². The van der Waals surface area contributed by atoms with Gasteiger partial charge in [-0.2, -0.15) is 0 Å². The molecule has 1 N–H and O–H groups in total. The zero-order valence-electron chi connectivity index (χ0n) is 11.6. The molecule has 17 heavy (non-hydrogen) atoms. The molecule has 0 heterocycles. The number of benzene rings is 1. The van der Waals surface area contributed by atoms with Crippen LogP contribution in [0.1, 0.15) is 40.2 Å². The van der Waals surface area contributed by atoms with Gasteiger partial charge in [-0.3, -0.25) is 0 Å². The molecule has 0 aliphatic rings. The topological polar surface area (TPSA) is 12.0 Å². The van der Waals surface area contributed by atoms with Gasteiger partial charge in [-0.25, -0.2) is 0 Å². The molecule has 0 saturated heterocycles. The van der Waals surface area contributed by atoms with Gasteiger partial charge in [0.15, 0.2) is 0 Å². The van der Waals surface area contributed by atoms with Gasteiger partial charge < -0.3 is 5.09 Å². The van der Waals surface area contributed by atoms with E-state index in [0.29, 0.717) is 0 Å². The highest BCUT2D eigenvalue weighted by molar-refractivity contribution is 8.15. The first-order valence-corrected chi connectivity index (χ1v) is 9.45. The molecule has 0 bridgehead atoms. The van der Waals surface area contributed by atoms with Crippen molar-refractivity contribution >= 4 is 23.7 Å². The lowest BCUT2D eigenvalue weighted by Gasteiger charge is -2.23. The monoisotopic (exact) mass is 269 g/mol. The molecule has 0 saturated carbocycles. The van der Waals surface area contributed by atoms with Gasteiger partial charge in [0.1, 0.15) is 0 Å². The van der Waals surface area contributed by atoms with Gasteiger partial charge >= 0.3 is 0 Å². The summed E-state index contributed by atoms with van der Waals surface area (Å²) in [5.74, 6) is 0. The number of hydrogen-bond acceptors (Lipinski definition) is 1. The maximum absolute atomic E-state index is 5.69. The van der Waals surface area contributed by atoms with Crippen LogP contribution in [0.4, 0.5) is 5.69 Å². The van der Waals surface area contributed by atoms with Crippen molar-refractivity contribution in [1.82, 2.24) is 0 Å². The molecule has 0 aromatic heterocycles. The Balaban J connectivity index is 2.86. The molecule has 0 amide bonds. The minimum atomic E-state index is -1.38. The van der Waals surface area contributed by atoms with Crippen molar-refractivity contribution in [3.63, 3.8) is 0 Å². The predicted molar refractivity (Wildman–Crippen MR) is 84.1 cm³/mol. The van der Waals surface area contributed by atoms with Crippen molar-refractivity contribution in [2.45, 2.75) is 40.0 Å². The fourth-order valence-corrected chi connectivity index (χ4v) is 3.36. The molecule has 1 nitrogen and oxygen atoms in total. The zero-order chi connectivity index (χ0) is 13.1. The maximum atomic E-state index is 5.69. The fraction of sp³-hybridized carbons (Fsp3) is 0.571. The highest BCUT2D eigenvalue weighted by Gasteiger charge is 2.14. The molecular weight excluding hydrogens is 245 g/mol. The standard InChI is InChI=1S/C14H24NPS/c1-6-16(17,7-2)15-13-10-8-12(9-11-13)14(3,4)5/h8-11H,6-7H2,1-5H3,(H,15,17). The van der Waals surface area contributed by atoms with Crippen LogP contribution >= 0.6 is 6.19 Å². The highest BCUT2D eigenvalue weighted by Crippen LogP contribution is 2.44. The van der Waals surface area contributed by atoms with Crippen molar-refractivity contribution in [3.8, 4) is 0 Å². The third-order valence-electron chi connectivity index (χ3n) is 3.11. The van der Waals surface area contributed by atoms with E-state index in [1.54, 1.807) is 0 Å². The fourth-order valence-electron chi connectivity index (χ4n) is 1.66. The van der Waals surface area contributed by atoms with Crippen molar-refractivity contribution in [1.29, 1.82) is 0 Å².